The maximum absolute atomic E-state index is 5.46. The zero-order valence-electron chi connectivity index (χ0n) is 8.69. The largest absolute Gasteiger partial charge is 0.339 e. The highest BCUT2D eigenvalue weighted by Gasteiger charge is 2.12. The van der Waals surface area contributed by atoms with Crippen LogP contribution in [0.15, 0.2) is 4.52 Å². The van der Waals surface area contributed by atoms with E-state index in [1.54, 1.807) is 11.8 Å². The molecule has 0 spiro atoms. The van der Waals surface area contributed by atoms with E-state index in [2.05, 4.69) is 24.0 Å². The van der Waals surface area contributed by atoms with E-state index < -0.39 is 0 Å². The first-order chi connectivity index (χ1) is 6.77. The minimum absolute atomic E-state index is 0.271. The number of rotatable bonds is 6. The molecule has 0 fully saturated rings. The van der Waals surface area contributed by atoms with Crippen molar-refractivity contribution in [1.29, 1.82) is 0 Å². The molecular formula is C9H17N3OS. The Hall–Kier alpha value is -0.550. The monoisotopic (exact) mass is 215 g/mol. The second kappa shape index (κ2) is 6.03. The summed E-state index contributed by atoms with van der Waals surface area (Å²) in [5, 5.41) is 3.91. The van der Waals surface area contributed by atoms with E-state index in [-0.39, 0.29) is 5.92 Å². The lowest BCUT2D eigenvalue weighted by molar-refractivity contribution is 0.352. The van der Waals surface area contributed by atoms with Crippen molar-refractivity contribution in [1.82, 2.24) is 10.1 Å². The third-order valence-corrected chi connectivity index (χ3v) is 2.81. The SMILES string of the molecule is CCSCc1noc(C(C)CCN)n1. The van der Waals surface area contributed by atoms with E-state index >= 15 is 0 Å². The van der Waals surface area contributed by atoms with Gasteiger partial charge in [0.05, 0.1) is 5.75 Å². The third kappa shape index (κ3) is 3.31. The second-order valence-electron chi connectivity index (χ2n) is 3.16. The summed E-state index contributed by atoms with van der Waals surface area (Å²) in [4.78, 5) is 4.31. The molecule has 1 heterocycles. The lowest BCUT2D eigenvalue weighted by Gasteiger charge is -2.01. The van der Waals surface area contributed by atoms with Gasteiger partial charge in [-0.25, -0.2) is 0 Å². The fourth-order valence-electron chi connectivity index (χ4n) is 1.09. The standard InChI is InChI=1S/C9H17N3OS/c1-3-14-6-8-11-9(13-12-8)7(2)4-5-10/h7H,3-6,10H2,1-2H3. The maximum Gasteiger partial charge on any atom is 0.229 e. The van der Waals surface area contributed by atoms with Crippen molar-refractivity contribution < 1.29 is 4.52 Å². The van der Waals surface area contributed by atoms with E-state index in [9.17, 15) is 0 Å². The zero-order chi connectivity index (χ0) is 10.4. The molecule has 1 rings (SSSR count). The fraction of sp³-hybridized carbons (Fsp3) is 0.778. The van der Waals surface area contributed by atoms with Gasteiger partial charge >= 0.3 is 0 Å². The normalized spacial score (nSPS) is 13.1. The Bertz CT molecular complexity index is 264. The van der Waals surface area contributed by atoms with Crippen molar-refractivity contribution in [3.8, 4) is 0 Å². The number of nitrogens with zero attached hydrogens (tertiary/aromatic N) is 2. The van der Waals surface area contributed by atoms with Crippen LogP contribution >= 0.6 is 11.8 Å². The van der Waals surface area contributed by atoms with Crippen molar-refractivity contribution in [3.63, 3.8) is 0 Å². The molecule has 5 heteroatoms. The third-order valence-electron chi connectivity index (χ3n) is 1.94. The zero-order valence-corrected chi connectivity index (χ0v) is 9.51. The van der Waals surface area contributed by atoms with Gasteiger partial charge in [0.1, 0.15) is 0 Å². The molecular weight excluding hydrogens is 198 g/mol. The summed E-state index contributed by atoms with van der Waals surface area (Å²) in [5.74, 6) is 3.67. The predicted octanol–water partition coefficient (Wildman–Crippen LogP) is 1.77. The van der Waals surface area contributed by atoms with Gasteiger partial charge in [0, 0.05) is 5.92 Å². The Morgan fingerprint density at radius 3 is 3.00 bits per heavy atom. The van der Waals surface area contributed by atoms with Crippen LogP contribution in [0.1, 0.15) is 37.9 Å². The number of hydrogen-bond acceptors (Lipinski definition) is 5. The molecule has 0 aromatic carbocycles. The molecule has 0 amide bonds. The van der Waals surface area contributed by atoms with E-state index in [0.29, 0.717) is 12.4 Å². The van der Waals surface area contributed by atoms with Crippen LogP contribution < -0.4 is 5.73 Å². The Morgan fingerprint density at radius 1 is 1.57 bits per heavy atom. The lowest BCUT2D eigenvalue weighted by Crippen LogP contribution is -2.04. The van der Waals surface area contributed by atoms with Gasteiger partial charge in [-0.15, -0.1) is 0 Å². The molecule has 1 atom stereocenters. The minimum atomic E-state index is 0.271. The Morgan fingerprint density at radius 2 is 2.36 bits per heavy atom. The molecule has 4 nitrogen and oxygen atoms in total. The van der Waals surface area contributed by atoms with Crippen molar-refractivity contribution in [3.05, 3.63) is 11.7 Å². The highest BCUT2D eigenvalue weighted by atomic mass is 32.2. The van der Waals surface area contributed by atoms with Crippen molar-refractivity contribution >= 4 is 11.8 Å². The molecule has 0 saturated carbocycles. The van der Waals surface area contributed by atoms with Gasteiger partial charge in [0.15, 0.2) is 5.82 Å². The van der Waals surface area contributed by atoms with Crippen LogP contribution in [0.4, 0.5) is 0 Å². The molecule has 0 aliphatic carbocycles. The maximum atomic E-state index is 5.46. The summed E-state index contributed by atoms with van der Waals surface area (Å²) < 4.78 is 5.15. The topological polar surface area (TPSA) is 64.9 Å². The predicted molar refractivity (Wildman–Crippen MR) is 58.2 cm³/mol. The summed E-state index contributed by atoms with van der Waals surface area (Å²) in [7, 11) is 0. The first kappa shape index (κ1) is 11.5. The fourth-order valence-corrected chi connectivity index (χ4v) is 1.60. The lowest BCUT2D eigenvalue weighted by atomic mass is 10.1. The van der Waals surface area contributed by atoms with E-state index in [0.717, 1.165) is 23.8 Å². The summed E-state index contributed by atoms with van der Waals surface area (Å²) in [6, 6.07) is 0. The quantitative estimate of drug-likeness (QED) is 0.783. The highest BCUT2D eigenvalue weighted by Crippen LogP contribution is 2.17. The van der Waals surface area contributed by atoms with E-state index in [4.69, 9.17) is 10.3 Å². The van der Waals surface area contributed by atoms with Crippen LogP contribution in [0.25, 0.3) is 0 Å². The summed E-state index contributed by atoms with van der Waals surface area (Å²) >= 11 is 1.79. The second-order valence-corrected chi connectivity index (χ2v) is 4.44. The molecule has 0 aliphatic heterocycles. The van der Waals surface area contributed by atoms with Gasteiger partial charge < -0.3 is 10.3 Å². The molecule has 0 aliphatic rings. The van der Waals surface area contributed by atoms with Crippen LogP contribution in [0.3, 0.4) is 0 Å². The Labute approximate surface area is 88.6 Å². The van der Waals surface area contributed by atoms with Gasteiger partial charge in [-0.05, 0) is 18.7 Å². The first-order valence-electron chi connectivity index (χ1n) is 4.88. The smallest absolute Gasteiger partial charge is 0.229 e. The summed E-state index contributed by atoms with van der Waals surface area (Å²) in [6.07, 6.45) is 0.891. The average Bonchev–Trinajstić information content (AvgIpc) is 2.63. The molecule has 0 saturated heterocycles. The molecule has 1 unspecified atom stereocenters. The highest BCUT2D eigenvalue weighted by molar-refractivity contribution is 7.98. The van der Waals surface area contributed by atoms with Gasteiger partial charge in [-0.2, -0.15) is 16.7 Å². The Kier molecular flexibility index (Phi) is 4.97. The molecule has 0 radical (unpaired) electrons. The first-order valence-corrected chi connectivity index (χ1v) is 6.03. The van der Waals surface area contributed by atoms with E-state index in [1.165, 1.54) is 0 Å². The number of thioether (sulfide) groups is 1. The molecule has 14 heavy (non-hydrogen) atoms. The van der Waals surface area contributed by atoms with Crippen LogP contribution in [0.5, 0.6) is 0 Å². The molecule has 80 valence electrons. The number of hydrogen-bond donors (Lipinski definition) is 1. The summed E-state index contributed by atoms with van der Waals surface area (Å²) in [5.41, 5.74) is 5.46. The molecule has 1 aromatic heterocycles. The van der Waals surface area contributed by atoms with Crippen molar-refractivity contribution in [2.75, 3.05) is 12.3 Å². The average molecular weight is 215 g/mol. The van der Waals surface area contributed by atoms with Gasteiger partial charge in [-0.3, -0.25) is 0 Å². The van der Waals surface area contributed by atoms with Crippen molar-refractivity contribution in [2.24, 2.45) is 5.73 Å². The van der Waals surface area contributed by atoms with Crippen LogP contribution in [-0.4, -0.2) is 22.4 Å². The Balaban J connectivity index is 2.49. The van der Waals surface area contributed by atoms with Gasteiger partial charge in [-0.1, -0.05) is 19.0 Å². The summed E-state index contributed by atoms with van der Waals surface area (Å²) in [6.45, 7) is 4.82. The van der Waals surface area contributed by atoms with Crippen LogP contribution in [-0.2, 0) is 5.75 Å². The van der Waals surface area contributed by atoms with Crippen LogP contribution in [0.2, 0.25) is 0 Å². The number of aromatic nitrogens is 2. The minimum Gasteiger partial charge on any atom is -0.339 e. The van der Waals surface area contributed by atoms with Crippen molar-refractivity contribution in [2.45, 2.75) is 31.9 Å². The van der Waals surface area contributed by atoms with Crippen LogP contribution in [0, 0.1) is 0 Å². The van der Waals surface area contributed by atoms with Gasteiger partial charge in [0.25, 0.3) is 0 Å². The van der Waals surface area contributed by atoms with E-state index in [1.807, 2.05) is 0 Å². The van der Waals surface area contributed by atoms with Gasteiger partial charge in [0.2, 0.25) is 5.89 Å². The molecule has 0 bridgehead atoms. The molecule has 2 N–H and O–H groups in total. The molecule has 1 aromatic rings. The number of nitrogens with two attached hydrogens (primary N) is 1.